The highest BCUT2D eigenvalue weighted by atomic mass is 127. The summed E-state index contributed by atoms with van der Waals surface area (Å²) in [5.41, 5.74) is 6.38. The molecule has 0 spiro atoms. The molecule has 1 fully saturated rings. The van der Waals surface area contributed by atoms with Gasteiger partial charge in [0.25, 0.3) is 5.91 Å². The number of urea groups is 1. The monoisotopic (exact) mass is 601 g/mol. The summed E-state index contributed by atoms with van der Waals surface area (Å²) >= 11 is 1.60. The number of morpholine rings is 1. The molecule has 1 aliphatic rings. The first kappa shape index (κ1) is 25.9. The van der Waals surface area contributed by atoms with Crippen molar-refractivity contribution < 1.29 is 17.5 Å². The zero-order valence-electron chi connectivity index (χ0n) is 20.2. The third-order valence-electron chi connectivity index (χ3n) is 5.90. The molecule has 1 N–H and O–H groups in total. The number of amides is 3. The molecule has 4 rings (SSSR count). The Kier molecular flexibility index (Phi) is 8.73. The number of ether oxygens (including phenoxy) is 1. The van der Waals surface area contributed by atoms with Crippen molar-refractivity contribution in [1.29, 1.82) is 0 Å². The van der Waals surface area contributed by atoms with Gasteiger partial charge in [-0.05, 0) is 47.5 Å². The van der Waals surface area contributed by atoms with Crippen molar-refractivity contribution in [2.45, 2.75) is 6.54 Å². The van der Waals surface area contributed by atoms with Crippen molar-refractivity contribution in [3.63, 3.8) is 0 Å². The number of nitrogens with one attached hydrogen (secondary N) is 1. The van der Waals surface area contributed by atoms with Gasteiger partial charge in [-0.3, -0.25) is 9.69 Å². The van der Waals surface area contributed by atoms with Crippen LogP contribution in [-0.4, -0.2) is 62.2 Å². The fraction of sp³-hybridized carbons (Fsp3) is 0.269. The van der Waals surface area contributed by atoms with Gasteiger partial charge in [0.1, 0.15) is 28.8 Å². The van der Waals surface area contributed by atoms with E-state index >= 15 is 0 Å². The van der Waals surface area contributed by atoms with E-state index in [1.54, 1.807) is 40.0 Å². The van der Waals surface area contributed by atoms with Gasteiger partial charge in [0.05, 0.1) is 19.8 Å². The van der Waals surface area contributed by atoms with Crippen molar-refractivity contribution in [2.75, 3.05) is 50.2 Å². The van der Waals surface area contributed by atoms with Crippen LogP contribution in [0.15, 0.2) is 66.9 Å². The summed E-state index contributed by atoms with van der Waals surface area (Å²) in [6.07, 6.45) is 1.84. The van der Waals surface area contributed by atoms with E-state index in [0.717, 1.165) is 28.2 Å². The van der Waals surface area contributed by atoms with Crippen LogP contribution in [0.4, 0.5) is 16.3 Å². The molecule has 1 aliphatic heterocycles. The number of hydroxylamine groups is 1. The van der Waals surface area contributed by atoms with Gasteiger partial charge in [0.15, 0.2) is 0 Å². The second-order valence-corrected chi connectivity index (χ2v) is 8.96. The number of hydrogen-bond donors (Lipinski definition) is 1. The van der Waals surface area contributed by atoms with E-state index in [-0.39, 0.29) is 11.9 Å². The van der Waals surface area contributed by atoms with Crippen LogP contribution < -0.4 is 15.3 Å². The Bertz CT molecular complexity index is 1180. The zero-order valence-corrected chi connectivity index (χ0v) is 22.3. The fourth-order valence-corrected chi connectivity index (χ4v) is 4.11. The topological polar surface area (TPSA) is 87.2 Å². The molecule has 0 aliphatic carbocycles. The second kappa shape index (κ2) is 12.2. The van der Waals surface area contributed by atoms with Gasteiger partial charge in [-0.15, -0.1) is 0 Å². The number of aromatic nitrogens is 1. The van der Waals surface area contributed by atoms with E-state index in [2.05, 4.69) is 13.6 Å². The number of anilines is 2. The summed E-state index contributed by atoms with van der Waals surface area (Å²) in [4.78, 5) is 35.7. The molecule has 2 heterocycles. The molecule has 188 valence electrons. The van der Waals surface area contributed by atoms with E-state index < -0.39 is 0 Å². The Morgan fingerprint density at radius 2 is 1.81 bits per heavy atom. The maximum Gasteiger partial charge on any atom is 0.324 e. The van der Waals surface area contributed by atoms with Crippen molar-refractivity contribution in [1.82, 2.24) is 15.4 Å². The van der Waals surface area contributed by atoms with Crippen LogP contribution in [0.5, 0.6) is 0 Å². The molecule has 0 unspecified atom stereocenters. The van der Waals surface area contributed by atoms with Crippen LogP contribution in [0.25, 0.3) is 11.1 Å². The smallest absolute Gasteiger partial charge is 0.324 e. The molecule has 3 amide bonds. The van der Waals surface area contributed by atoms with Gasteiger partial charge in [-0.25, -0.2) is 18.4 Å². The summed E-state index contributed by atoms with van der Waals surface area (Å²) in [7, 11) is 3.90. The lowest BCUT2D eigenvalue weighted by atomic mass is 10.1. The van der Waals surface area contributed by atoms with E-state index in [0.29, 0.717) is 38.4 Å². The average Bonchev–Trinajstić information content (AvgIpc) is 2.92. The van der Waals surface area contributed by atoms with Crippen LogP contribution in [-0.2, 0) is 14.4 Å². The lowest BCUT2D eigenvalue weighted by Crippen LogP contribution is -2.48. The highest BCUT2D eigenvalue weighted by molar-refractivity contribution is 14.1. The molecule has 1 saturated heterocycles. The summed E-state index contributed by atoms with van der Waals surface area (Å²) in [6.45, 7) is 2.47. The number of rotatable bonds is 7. The van der Waals surface area contributed by atoms with E-state index in [9.17, 15) is 9.59 Å². The summed E-state index contributed by atoms with van der Waals surface area (Å²) in [5.74, 6) is 0.542. The lowest BCUT2D eigenvalue weighted by molar-refractivity contribution is 0.0548. The van der Waals surface area contributed by atoms with Crippen LogP contribution in [0.1, 0.15) is 15.9 Å². The molecule has 2 aromatic carbocycles. The molecule has 0 bridgehead atoms. The van der Waals surface area contributed by atoms with Crippen molar-refractivity contribution in [3.8, 4) is 11.1 Å². The van der Waals surface area contributed by atoms with Gasteiger partial charge in [-0.1, -0.05) is 24.3 Å². The number of carbonyl (C=O) groups excluding carboxylic acids is 2. The van der Waals surface area contributed by atoms with E-state index in [1.807, 2.05) is 78.6 Å². The average molecular weight is 601 g/mol. The minimum atomic E-state index is -0.334. The lowest BCUT2D eigenvalue weighted by Gasteiger charge is -2.33. The number of carbonyl (C=O) groups is 2. The molecule has 3 aromatic rings. The van der Waals surface area contributed by atoms with Crippen LogP contribution >= 0.6 is 23.0 Å². The first-order chi connectivity index (χ1) is 17.5. The normalized spacial score (nSPS) is 13.2. The number of benzene rings is 2. The molecule has 0 atom stereocenters. The van der Waals surface area contributed by atoms with E-state index in [1.165, 1.54) is 0 Å². The third kappa shape index (κ3) is 6.31. The third-order valence-corrected chi connectivity index (χ3v) is 6.12. The minimum absolute atomic E-state index is 0.0864. The minimum Gasteiger partial charge on any atom is -0.378 e. The summed E-state index contributed by atoms with van der Waals surface area (Å²) < 4.78 is 10.1. The van der Waals surface area contributed by atoms with Crippen molar-refractivity contribution >= 4 is 46.4 Å². The predicted octanol–water partition coefficient (Wildman–Crippen LogP) is 4.28. The molecule has 0 radical (unpaired) electrons. The Labute approximate surface area is 224 Å². The standard InChI is InChI=1S/C26H28IN5O4/c1-30(2)24-11-10-22(17-28-24)21-4-3-5-23(16-21)32(26(34)31-12-14-35-15-13-31)18-19-6-8-20(9-7-19)25(33)29-36-27/h3-11,16-17H,12-15,18H2,1-2H3,(H,29,33). The van der Waals surface area contributed by atoms with Crippen LogP contribution in [0, 0.1) is 0 Å². The fourth-order valence-electron chi connectivity index (χ4n) is 3.91. The first-order valence-electron chi connectivity index (χ1n) is 11.5. The van der Waals surface area contributed by atoms with Gasteiger partial charge >= 0.3 is 6.03 Å². The molecule has 1 aromatic heterocycles. The molecular formula is C26H28IN5O4. The maximum absolute atomic E-state index is 13.6. The SMILES string of the molecule is CN(C)c1ccc(-c2cccc(N(Cc3ccc(C(=O)NOI)cc3)C(=O)N3CCOCC3)c2)cn1. The Balaban J connectivity index is 1.63. The maximum atomic E-state index is 13.6. The van der Waals surface area contributed by atoms with Gasteiger partial charge in [-0.2, -0.15) is 0 Å². The number of nitrogens with zero attached hydrogens (tertiary/aromatic N) is 4. The molecule has 0 saturated carbocycles. The molecule has 36 heavy (non-hydrogen) atoms. The van der Waals surface area contributed by atoms with Gasteiger partial charge in [0, 0.05) is 50.2 Å². The number of pyridine rings is 1. The Hall–Kier alpha value is -3.22. The first-order valence-corrected chi connectivity index (χ1v) is 12.4. The molecular weight excluding hydrogens is 573 g/mol. The largest absolute Gasteiger partial charge is 0.378 e. The van der Waals surface area contributed by atoms with Crippen LogP contribution in [0.3, 0.4) is 0 Å². The quantitative estimate of drug-likeness (QED) is 0.322. The Morgan fingerprint density at radius 1 is 1.06 bits per heavy atom. The van der Waals surface area contributed by atoms with Gasteiger partial charge in [0.2, 0.25) is 0 Å². The van der Waals surface area contributed by atoms with Crippen LogP contribution in [0.2, 0.25) is 0 Å². The highest BCUT2D eigenvalue weighted by Gasteiger charge is 2.25. The van der Waals surface area contributed by atoms with Crippen molar-refractivity contribution in [2.24, 2.45) is 0 Å². The summed E-state index contributed by atoms with van der Waals surface area (Å²) in [6, 6.07) is 18.9. The Morgan fingerprint density at radius 3 is 2.44 bits per heavy atom. The van der Waals surface area contributed by atoms with Gasteiger partial charge < -0.3 is 14.5 Å². The summed E-state index contributed by atoms with van der Waals surface area (Å²) in [5, 5.41) is 0. The zero-order chi connectivity index (χ0) is 25.5. The predicted molar refractivity (Wildman–Crippen MR) is 147 cm³/mol. The second-order valence-electron chi connectivity index (χ2n) is 8.52. The van der Waals surface area contributed by atoms with E-state index in [4.69, 9.17) is 4.74 Å². The van der Waals surface area contributed by atoms with Crippen molar-refractivity contribution in [3.05, 3.63) is 78.0 Å². The highest BCUT2D eigenvalue weighted by Crippen LogP contribution is 2.27. The molecule has 10 heteroatoms. The molecule has 9 nitrogen and oxygen atoms in total. The number of halogens is 1. The number of hydrogen-bond acceptors (Lipinski definition) is 6.